The first kappa shape index (κ1) is 22.8. The Labute approximate surface area is 185 Å². The summed E-state index contributed by atoms with van der Waals surface area (Å²) in [7, 11) is -0.569. The lowest BCUT2D eigenvalue weighted by Crippen LogP contribution is -2.27. The largest absolute Gasteiger partial charge is 0.0651 e. The van der Waals surface area contributed by atoms with Gasteiger partial charge in [0, 0.05) is 0 Å². The molecule has 0 aromatic heterocycles. The van der Waals surface area contributed by atoms with Gasteiger partial charge in [0.15, 0.2) is 0 Å². The van der Waals surface area contributed by atoms with Gasteiger partial charge in [-0.1, -0.05) is 101 Å². The van der Waals surface area contributed by atoms with E-state index in [2.05, 4.69) is 95.3 Å². The molecule has 0 aliphatic carbocycles. The zero-order chi connectivity index (χ0) is 21.5. The Balaban J connectivity index is 2.32. The highest BCUT2D eigenvalue weighted by molar-refractivity contribution is 7.80. The minimum atomic E-state index is -0.569. The fourth-order valence-corrected chi connectivity index (χ4v) is 7.39. The second kappa shape index (κ2) is 10.9. The summed E-state index contributed by atoms with van der Waals surface area (Å²) in [4.78, 5) is 0. The molecule has 0 fully saturated rings. The predicted molar refractivity (Wildman–Crippen MR) is 137 cm³/mol. The topological polar surface area (TPSA) is 0 Å². The van der Waals surface area contributed by atoms with Gasteiger partial charge in [-0.2, -0.15) is 0 Å². The molecule has 3 aromatic carbocycles. The Morgan fingerprint density at radius 1 is 0.533 bits per heavy atom. The smallest absolute Gasteiger partial charge is 0.0116 e. The predicted octanol–water partition coefficient (Wildman–Crippen LogP) is 6.92. The van der Waals surface area contributed by atoms with E-state index in [1.54, 1.807) is 22.0 Å². The number of hydrogen-bond donors (Lipinski definition) is 0. The van der Waals surface area contributed by atoms with Gasteiger partial charge in [-0.05, 0) is 84.8 Å². The Hall–Kier alpha value is -1.91. The van der Waals surface area contributed by atoms with Crippen molar-refractivity contribution in [1.29, 1.82) is 0 Å². The summed E-state index contributed by atoms with van der Waals surface area (Å²) >= 11 is 0. The Morgan fingerprint density at radius 2 is 1.03 bits per heavy atom. The van der Waals surface area contributed by atoms with Crippen LogP contribution in [0.15, 0.2) is 60.7 Å². The van der Waals surface area contributed by atoms with E-state index in [0.717, 1.165) is 0 Å². The minimum Gasteiger partial charge on any atom is -0.0651 e. The average molecular weight is 417 g/mol. The van der Waals surface area contributed by atoms with Crippen molar-refractivity contribution in [1.82, 2.24) is 0 Å². The van der Waals surface area contributed by atoms with Crippen molar-refractivity contribution < 1.29 is 0 Å². The monoisotopic (exact) mass is 416 g/mol. The van der Waals surface area contributed by atoms with Crippen LogP contribution < -0.4 is 15.9 Å². The normalized spacial score (nSPS) is 11.3. The Morgan fingerprint density at radius 3 is 1.53 bits per heavy atom. The summed E-state index contributed by atoms with van der Waals surface area (Å²) in [6, 6.07) is 23.0. The van der Waals surface area contributed by atoms with Gasteiger partial charge >= 0.3 is 0 Å². The van der Waals surface area contributed by atoms with Crippen molar-refractivity contribution in [3.63, 3.8) is 0 Å². The summed E-state index contributed by atoms with van der Waals surface area (Å²) in [5.41, 5.74) is 7.68. The van der Waals surface area contributed by atoms with E-state index < -0.39 is 7.92 Å². The third-order valence-corrected chi connectivity index (χ3v) is 8.84. The molecule has 0 aliphatic heterocycles. The fraction of sp³-hybridized carbons (Fsp3) is 0.379. The molecule has 0 spiro atoms. The van der Waals surface area contributed by atoms with Crippen molar-refractivity contribution in [3.8, 4) is 0 Å². The molecule has 0 N–H and O–H groups in total. The van der Waals surface area contributed by atoms with Gasteiger partial charge in [0.05, 0.1) is 0 Å². The Kier molecular flexibility index (Phi) is 8.29. The molecule has 0 saturated carbocycles. The quantitative estimate of drug-likeness (QED) is 0.332. The van der Waals surface area contributed by atoms with E-state index in [1.807, 2.05) is 0 Å². The first-order chi connectivity index (χ1) is 14.6. The first-order valence-corrected chi connectivity index (χ1v) is 13.0. The van der Waals surface area contributed by atoms with Crippen LogP contribution in [-0.4, -0.2) is 0 Å². The summed E-state index contributed by atoms with van der Waals surface area (Å²) in [6.45, 7) is 11.5. The first-order valence-electron chi connectivity index (χ1n) is 11.7. The summed E-state index contributed by atoms with van der Waals surface area (Å²) < 4.78 is 0. The minimum absolute atomic E-state index is 0.569. The van der Waals surface area contributed by atoms with Gasteiger partial charge in [0.25, 0.3) is 0 Å². The fourth-order valence-electron chi connectivity index (χ4n) is 4.55. The van der Waals surface area contributed by atoms with Crippen molar-refractivity contribution in [2.24, 2.45) is 0 Å². The van der Waals surface area contributed by atoms with E-state index in [0.29, 0.717) is 0 Å². The molecule has 0 atom stereocenters. The van der Waals surface area contributed by atoms with E-state index in [1.165, 1.54) is 60.3 Å². The van der Waals surface area contributed by atoms with Crippen LogP contribution in [0.25, 0.3) is 0 Å². The summed E-state index contributed by atoms with van der Waals surface area (Å²) in [5, 5.41) is 4.59. The van der Waals surface area contributed by atoms with E-state index in [-0.39, 0.29) is 0 Å². The third kappa shape index (κ3) is 4.87. The molecule has 3 rings (SSSR count). The molecule has 1 heteroatoms. The molecule has 0 radical (unpaired) electrons. The lowest BCUT2D eigenvalue weighted by Gasteiger charge is -2.28. The summed E-state index contributed by atoms with van der Waals surface area (Å²) in [6.07, 6.45) is 7.19. The molecule has 0 aliphatic rings. The van der Waals surface area contributed by atoms with Crippen LogP contribution in [0.2, 0.25) is 0 Å². The van der Waals surface area contributed by atoms with E-state index in [9.17, 15) is 0 Å². The second-order valence-corrected chi connectivity index (χ2v) is 10.5. The Bertz CT molecular complexity index is 924. The summed E-state index contributed by atoms with van der Waals surface area (Å²) in [5.74, 6) is 0. The number of aryl methyl sites for hydroxylation is 3. The van der Waals surface area contributed by atoms with Crippen LogP contribution in [0, 0.1) is 13.8 Å². The number of rotatable bonds is 9. The van der Waals surface area contributed by atoms with E-state index in [4.69, 9.17) is 0 Å². The van der Waals surface area contributed by atoms with Crippen molar-refractivity contribution in [2.75, 3.05) is 0 Å². The third-order valence-electron chi connectivity index (χ3n) is 5.98. The molecule has 0 amide bonds. The maximum atomic E-state index is 2.49. The van der Waals surface area contributed by atoms with Crippen LogP contribution in [0.1, 0.15) is 67.9 Å². The van der Waals surface area contributed by atoms with Gasteiger partial charge in [0.2, 0.25) is 0 Å². The molecule has 0 unspecified atom stereocenters. The van der Waals surface area contributed by atoms with Gasteiger partial charge in [0.1, 0.15) is 0 Å². The highest BCUT2D eigenvalue weighted by Gasteiger charge is 2.24. The molecule has 0 saturated heterocycles. The highest BCUT2D eigenvalue weighted by atomic mass is 31.1. The molecule has 0 heterocycles. The molecular formula is C29H37P. The second-order valence-electron chi connectivity index (χ2n) is 8.36. The standard InChI is InChI=1S/C29H37P/c1-6-13-24-20-21-29(26(15-8-3)25(24)14-7-2)30(27-18-11-9-16-22(27)4)28-19-12-10-17-23(28)5/h9-12,16-21H,6-8,13-15H2,1-5H3. The molecular weight excluding hydrogens is 379 g/mol. The molecule has 30 heavy (non-hydrogen) atoms. The molecule has 0 bridgehead atoms. The van der Waals surface area contributed by atoms with Crippen LogP contribution in [0.5, 0.6) is 0 Å². The maximum absolute atomic E-state index is 2.49. The lowest BCUT2D eigenvalue weighted by atomic mass is 9.92. The van der Waals surface area contributed by atoms with Gasteiger partial charge < -0.3 is 0 Å². The van der Waals surface area contributed by atoms with Crippen molar-refractivity contribution in [3.05, 3.63) is 88.5 Å². The maximum Gasteiger partial charge on any atom is -0.0116 e. The zero-order valence-electron chi connectivity index (χ0n) is 19.5. The van der Waals surface area contributed by atoms with Crippen LogP contribution in [0.4, 0.5) is 0 Å². The van der Waals surface area contributed by atoms with Crippen LogP contribution in [0.3, 0.4) is 0 Å². The van der Waals surface area contributed by atoms with Gasteiger partial charge in [-0.15, -0.1) is 0 Å². The zero-order valence-corrected chi connectivity index (χ0v) is 20.4. The van der Waals surface area contributed by atoms with Crippen molar-refractivity contribution in [2.45, 2.75) is 73.1 Å². The van der Waals surface area contributed by atoms with Gasteiger partial charge in [-0.3, -0.25) is 0 Å². The van der Waals surface area contributed by atoms with Crippen LogP contribution in [-0.2, 0) is 19.3 Å². The molecule has 0 nitrogen and oxygen atoms in total. The highest BCUT2D eigenvalue weighted by Crippen LogP contribution is 2.38. The van der Waals surface area contributed by atoms with Crippen LogP contribution >= 0.6 is 7.92 Å². The number of hydrogen-bond acceptors (Lipinski definition) is 0. The van der Waals surface area contributed by atoms with E-state index >= 15 is 0 Å². The average Bonchev–Trinajstić information content (AvgIpc) is 2.74. The molecule has 3 aromatic rings. The molecule has 158 valence electrons. The lowest BCUT2D eigenvalue weighted by molar-refractivity contribution is 0.829. The number of benzene rings is 3. The van der Waals surface area contributed by atoms with Gasteiger partial charge in [-0.25, -0.2) is 0 Å². The van der Waals surface area contributed by atoms with Crippen molar-refractivity contribution >= 4 is 23.8 Å². The SMILES string of the molecule is CCCc1ccc(P(c2ccccc2C)c2ccccc2C)c(CCC)c1CCC.